The second-order valence-corrected chi connectivity index (χ2v) is 3.63. The van der Waals surface area contributed by atoms with E-state index >= 15 is 0 Å². The van der Waals surface area contributed by atoms with E-state index in [1.54, 1.807) is 0 Å². The molecule has 13 heavy (non-hydrogen) atoms. The zero-order valence-corrected chi connectivity index (χ0v) is 7.85. The van der Waals surface area contributed by atoms with Crippen LogP contribution in [0.5, 0.6) is 0 Å². The van der Waals surface area contributed by atoms with Crippen molar-refractivity contribution >= 4 is 0 Å². The van der Waals surface area contributed by atoms with Crippen LogP contribution in [0, 0.1) is 5.92 Å². The van der Waals surface area contributed by atoms with Crippen molar-refractivity contribution in [2.45, 2.75) is 31.5 Å². The molecule has 0 amide bonds. The number of ether oxygens (including phenoxy) is 1. The van der Waals surface area contributed by atoms with Crippen LogP contribution in [0.15, 0.2) is 0 Å². The average molecular weight is 189 g/mol. The van der Waals surface area contributed by atoms with Crippen LogP contribution < -0.4 is 5.73 Å². The fraction of sp³-hybridized carbons (Fsp3) is 1.00. The molecule has 1 aliphatic rings. The Morgan fingerprint density at radius 2 is 2.23 bits per heavy atom. The number of hydrogen-bond donors (Lipinski definition) is 3. The van der Waals surface area contributed by atoms with Crippen molar-refractivity contribution in [1.29, 1.82) is 0 Å². The Morgan fingerprint density at radius 3 is 2.85 bits per heavy atom. The molecule has 0 radical (unpaired) electrons. The average Bonchev–Trinajstić information content (AvgIpc) is 2.61. The number of nitrogens with two attached hydrogens (primary N) is 1. The molecule has 4 nitrogen and oxygen atoms in total. The van der Waals surface area contributed by atoms with E-state index in [2.05, 4.69) is 0 Å². The summed E-state index contributed by atoms with van der Waals surface area (Å²) in [7, 11) is 0. The second kappa shape index (κ2) is 5.54. The van der Waals surface area contributed by atoms with E-state index in [0.29, 0.717) is 12.5 Å². The zero-order chi connectivity index (χ0) is 9.68. The third-order valence-electron chi connectivity index (χ3n) is 2.61. The van der Waals surface area contributed by atoms with Gasteiger partial charge in [0.2, 0.25) is 0 Å². The number of aliphatic hydroxyl groups is 2. The Hall–Kier alpha value is -0.160. The maximum Gasteiger partial charge on any atom is 0.100 e. The van der Waals surface area contributed by atoms with Gasteiger partial charge >= 0.3 is 0 Å². The Bertz CT molecular complexity index is 143. The van der Waals surface area contributed by atoms with Gasteiger partial charge in [0.05, 0.1) is 19.3 Å². The fourth-order valence-electron chi connectivity index (χ4n) is 1.78. The van der Waals surface area contributed by atoms with Gasteiger partial charge in [-0.05, 0) is 25.3 Å². The molecule has 1 fully saturated rings. The predicted molar refractivity (Wildman–Crippen MR) is 49.2 cm³/mol. The summed E-state index contributed by atoms with van der Waals surface area (Å²) in [6, 6.07) is 0. The highest BCUT2D eigenvalue weighted by Gasteiger charge is 2.27. The fourth-order valence-corrected chi connectivity index (χ4v) is 1.78. The first kappa shape index (κ1) is 10.9. The summed E-state index contributed by atoms with van der Waals surface area (Å²) in [6.07, 6.45) is 2.74. The van der Waals surface area contributed by atoms with Gasteiger partial charge in [0.1, 0.15) is 6.10 Å². The standard InChI is InChI=1S/C9H19NO3/c10-4-7-2-1-3-9(7)13-6-8(12)5-11/h7-9,11-12H,1-6,10H2. The number of aliphatic hydroxyl groups excluding tert-OH is 2. The van der Waals surface area contributed by atoms with Crippen molar-refractivity contribution in [3.8, 4) is 0 Å². The van der Waals surface area contributed by atoms with Crippen molar-refractivity contribution in [1.82, 2.24) is 0 Å². The first-order valence-electron chi connectivity index (χ1n) is 4.88. The van der Waals surface area contributed by atoms with Gasteiger partial charge in [-0.2, -0.15) is 0 Å². The van der Waals surface area contributed by atoms with Crippen LogP contribution in [0.1, 0.15) is 19.3 Å². The minimum absolute atomic E-state index is 0.186. The Balaban J connectivity index is 2.19. The van der Waals surface area contributed by atoms with Gasteiger partial charge in [-0.15, -0.1) is 0 Å². The van der Waals surface area contributed by atoms with E-state index in [1.165, 1.54) is 0 Å². The third kappa shape index (κ3) is 3.23. The summed E-state index contributed by atoms with van der Waals surface area (Å²) in [5.74, 6) is 0.436. The summed E-state index contributed by atoms with van der Waals surface area (Å²) in [6.45, 7) is 0.636. The highest BCUT2D eigenvalue weighted by atomic mass is 16.5. The summed E-state index contributed by atoms with van der Waals surface area (Å²) in [4.78, 5) is 0. The van der Waals surface area contributed by atoms with Crippen LogP contribution in [-0.4, -0.2) is 42.2 Å². The molecular weight excluding hydrogens is 170 g/mol. The molecule has 1 saturated carbocycles. The normalized spacial score (nSPS) is 30.7. The molecule has 1 aliphatic carbocycles. The van der Waals surface area contributed by atoms with Crippen LogP contribution in [0.2, 0.25) is 0 Å². The minimum Gasteiger partial charge on any atom is -0.394 e. The molecule has 1 rings (SSSR count). The smallest absolute Gasteiger partial charge is 0.100 e. The molecular formula is C9H19NO3. The van der Waals surface area contributed by atoms with Crippen LogP contribution in [0.25, 0.3) is 0 Å². The molecule has 0 aromatic heterocycles. The molecule has 78 valence electrons. The van der Waals surface area contributed by atoms with Gasteiger partial charge in [-0.25, -0.2) is 0 Å². The molecule has 3 atom stereocenters. The summed E-state index contributed by atoms with van der Waals surface area (Å²) in [5, 5.41) is 17.6. The SMILES string of the molecule is NCC1CCCC1OCC(O)CO. The molecule has 0 aromatic rings. The molecule has 0 bridgehead atoms. The van der Waals surface area contributed by atoms with Crippen molar-refractivity contribution in [2.24, 2.45) is 11.7 Å². The van der Waals surface area contributed by atoms with Crippen molar-refractivity contribution < 1.29 is 14.9 Å². The number of rotatable bonds is 5. The molecule has 0 aromatic carbocycles. The maximum atomic E-state index is 9.07. The molecule has 0 spiro atoms. The van der Waals surface area contributed by atoms with E-state index in [4.69, 9.17) is 20.7 Å². The Kier molecular flexibility index (Phi) is 4.66. The van der Waals surface area contributed by atoms with Crippen molar-refractivity contribution in [3.63, 3.8) is 0 Å². The van der Waals surface area contributed by atoms with Crippen LogP contribution in [-0.2, 0) is 4.74 Å². The quantitative estimate of drug-likeness (QED) is 0.544. The first-order chi connectivity index (χ1) is 6.27. The molecule has 3 unspecified atom stereocenters. The minimum atomic E-state index is -0.751. The van der Waals surface area contributed by atoms with Crippen molar-refractivity contribution in [2.75, 3.05) is 19.8 Å². The molecule has 4 N–H and O–H groups in total. The Morgan fingerprint density at radius 1 is 1.46 bits per heavy atom. The zero-order valence-electron chi connectivity index (χ0n) is 7.85. The summed E-state index contributed by atoms with van der Waals surface area (Å²) in [5.41, 5.74) is 5.57. The largest absolute Gasteiger partial charge is 0.394 e. The molecule has 0 aliphatic heterocycles. The van der Waals surface area contributed by atoms with Gasteiger partial charge in [0.15, 0.2) is 0 Å². The van der Waals surface area contributed by atoms with Gasteiger partial charge in [-0.1, -0.05) is 6.42 Å². The van der Waals surface area contributed by atoms with E-state index in [9.17, 15) is 0 Å². The lowest BCUT2D eigenvalue weighted by molar-refractivity contribution is -0.0394. The van der Waals surface area contributed by atoms with E-state index < -0.39 is 6.10 Å². The molecule has 0 heterocycles. The van der Waals surface area contributed by atoms with E-state index in [0.717, 1.165) is 19.3 Å². The number of hydrogen-bond acceptors (Lipinski definition) is 4. The topological polar surface area (TPSA) is 75.7 Å². The van der Waals surface area contributed by atoms with Gasteiger partial charge < -0.3 is 20.7 Å². The maximum absolute atomic E-state index is 9.07. The van der Waals surface area contributed by atoms with Crippen LogP contribution in [0.4, 0.5) is 0 Å². The molecule has 0 saturated heterocycles. The Labute approximate surface area is 78.7 Å². The predicted octanol–water partition coefficient (Wildman–Crippen LogP) is -0.516. The van der Waals surface area contributed by atoms with Gasteiger partial charge in [0.25, 0.3) is 0 Å². The van der Waals surface area contributed by atoms with Gasteiger partial charge in [0, 0.05) is 0 Å². The summed E-state index contributed by atoms with van der Waals surface area (Å²) < 4.78 is 5.47. The van der Waals surface area contributed by atoms with Crippen molar-refractivity contribution in [3.05, 3.63) is 0 Å². The monoisotopic (exact) mass is 189 g/mol. The lowest BCUT2D eigenvalue weighted by Gasteiger charge is -2.19. The van der Waals surface area contributed by atoms with E-state index in [1.807, 2.05) is 0 Å². The lowest BCUT2D eigenvalue weighted by Crippen LogP contribution is -2.29. The van der Waals surface area contributed by atoms with Crippen LogP contribution in [0.3, 0.4) is 0 Å². The highest BCUT2D eigenvalue weighted by Crippen LogP contribution is 2.27. The first-order valence-corrected chi connectivity index (χ1v) is 4.88. The second-order valence-electron chi connectivity index (χ2n) is 3.63. The molecule has 4 heteroatoms. The summed E-state index contributed by atoms with van der Waals surface area (Å²) >= 11 is 0. The van der Waals surface area contributed by atoms with Gasteiger partial charge in [-0.3, -0.25) is 0 Å². The van der Waals surface area contributed by atoms with Crippen LogP contribution >= 0.6 is 0 Å². The highest BCUT2D eigenvalue weighted by molar-refractivity contribution is 4.78. The third-order valence-corrected chi connectivity index (χ3v) is 2.61. The lowest BCUT2D eigenvalue weighted by atomic mass is 10.1. The van der Waals surface area contributed by atoms with E-state index in [-0.39, 0.29) is 19.3 Å².